The van der Waals surface area contributed by atoms with Crippen LogP contribution in [0.2, 0.25) is 0 Å². The van der Waals surface area contributed by atoms with Crippen molar-refractivity contribution in [2.45, 2.75) is 51.4 Å². The molecule has 9 heteroatoms. The number of aromatic nitrogens is 3. The number of urea groups is 1. The van der Waals surface area contributed by atoms with Crippen LogP contribution in [0.3, 0.4) is 0 Å². The largest absolute Gasteiger partial charge is 1.00 e. The average molecular weight is 390 g/mol. The minimum absolute atomic E-state index is 0. The molecular weight excluding hydrogens is 370 g/mol. The summed E-state index contributed by atoms with van der Waals surface area (Å²) in [6.07, 6.45) is 8.25. The van der Waals surface area contributed by atoms with Crippen molar-refractivity contribution in [3.63, 3.8) is 0 Å². The third kappa shape index (κ3) is 4.57. The van der Waals surface area contributed by atoms with Crippen LogP contribution in [0.4, 0.5) is 4.58 Å². The molecule has 8 nitrogen and oxygen atoms in total. The van der Waals surface area contributed by atoms with Gasteiger partial charge < -0.3 is 12.4 Å². The second-order valence-electron chi connectivity index (χ2n) is 6.50. The van der Waals surface area contributed by atoms with Crippen LogP contribution >= 0.6 is 0 Å². The predicted molar refractivity (Wildman–Crippen MR) is 97.6 cm³/mol. The van der Waals surface area contributed by atoms with E-state index >= 15 is 0 Å². The lowest BCUT2D eigenvalue weighted by molar-refractivity contribution is -0.514. The van der Waals surface area contributed by atoms with Crippen molar-refractivity contribution in [2.24, 2.45) is 9.98 Å². The molecule has 0 unspecified atom stereocenters. The molecule has 1 aromatic carbocycles. The molecule has 2 aromatic rings. The Kier molecular flexibility index (Phi) is 6.28. The van der Waals surface area contributed by atoms with E-state index in [2.05, 4.69) is 20.3 Å². The number of nitrogens with zero attached hydrogens (tertiary/aromatic N) is 5. The van der Waals surface area contributed by atoms with E-state index < -0.39 is 5.56 Å². The van der Waals surface area contributed by atoms with Gasteiger partial charge in [-0.2, -0.15) is 0 Å². The zero-order valence-corrected chi connectivity index (χ0v) is 15.6. The number of benzene rings is 1. The normalized spacial score (nSPS) is 16.1. The summed E-state index contributed by atoms with van der Waals surface area (Å²) in [7, 11) is 0. The molecule has 27 heavy (non-hydrogen) atoms. The van der Waals surface area contributed by atoms with Gasteiger partial charge >= 0.3 is 11.6 Å². The molecule has 1 heterocycles. The van der Waals surface area contributed by atoms with Crippen molar-refractivity contribution in [1.82, 2.24) is 15.2 Å². The van der Waals surface area contributed by atoms with E-state index in [0.717, 1.165) is 62.8 Å². The molecule has 0 saturated heterocycles. The second-order valence-corrected chi connectivity index (χ2v) is 6.50. The van der Waals surface area contributed by atoms with Crippen LogP contribution in [0.15, 0.2) is 39.0 Å². The number of rotatable bonds is 2. The van der Waals surface area contributed by atoms with Gasteiger partial charge in [0.05, 0.1) is 10.2 Å². The first-order valence-electron chi connectivity index (χ1n) is 8.99. The summed E-state index contributed by atoms with van der Waals surface area (Å²) < 4.78 is 5.28. The number of hydrogen-bond acceptors (Lipinski definition) is 4. The van der Waals surface area contributed by atoms with Gasteiger partial charge in [0.15, 0.2) is 0 Å². The Balaban J connectivity index is 0.00000210. The van der Waals surface area contributed by atoms with Gasteiger partial charge in [-0.1, -0.05) is 12.1 Å². The van der Waals surface area contributed by atoms with Gasteiger partial charge in [0.25, 0.3) is 0 Å². The Labute approximate surface area is 162 Å². The number of halogens is 1. The highest BCUT2D eigenvalue weighted by molar-refractivity contribution is 6.02. The quantitative estimate of drug-likeness (QED) is 0.405. The van der Waals surface area contributed by atoms with E-state index in [1.807, 2.05) is 0 Å². The highest BCUT2D eigenvalue weighted by Gasteiger charge is 2.22. The summed E-state index contributed by atoms with van der Waals surface area (Å²) in [5.41, 5.74) is 2.14. The van der Waals surface area contributed by atoms with Gasteiger partial charge in [-0.25, -0.2) is 0 Å². The average Bonchev–Trinajstić information content (AvgIpc) is 3.35. The summed E-state index contributed by atoms with van der Waals surface area (Å²) in [5, 5.41) is 8.09. The lowest BCUT2D eigenvalue weighted by Crippen LogP contribution is -3.00. The summed E-state index contributed by atoms with van der Waals surface area (Å²) >= 11 is 0. The SMILES string of the molecule is O=c1c2ccccc2nnn1O[O+]=C(N=C1CCCC1)N=C1CCCC1.[Cl-]. The molecule has 0 radical (unpaired) electrons. The molecule has 2 aliphatic carbocycles. The molecule has 1 aromatic heterocycles. The highest BCUT2D eigenvalue weighted by Crippen LogP contribution is 2.17. The van der Waals surface area contributed by atoms with Gasteiger partial charge in [-0.15, -0.1) is 15.1 Å². The first-order valence-corrected chi connectivity index (χ1v) is 8.99. The summed E-state index contributed by atoms with van der Waals surface area (Å²) in [4.78, 5) is 27.2. The van der Waals surface area contributed by atoms with E-state index in [0.29, 0.717) is 15.7 Å². The van der Waals surface area contributed by atoms with Crippen LogP contribution in [0.25, 0.3) is 10.9 Å². The maximum atomic E-state index is 12.4. The molecule has 0 N–H and O–H groups in total. The molecule has 2 amide bonds. The van der Waals surface area contributed by atoms with Gasteiger partial charge in [-0.3, -0.25) is 4.79 Å². The Hall–Kier alpha value is -2.61. The van der Waals surface area contributed by atoms with E-state index in [4.69, 9.17) is 9.56 Å². The third-order valence-electron chi connectivity index (χ3n) is 4.59. The molecular formula is C18H20ClN5O3. The van der Waals surface area contributed by atoms with Crippen molar-refractivity contribution in [1.29, 1.82) is 0 Å². The molecule has 2 saturated carbocycles. The number of hydrogen-bond donors (Lipinski definition) is 0. The van der Waals surface area contributed by atoms with Crippen molar-refractivity contribution >= 4 is 28.4 Å². The van der Waals surface area contributed by atoms with Crippen LogP contribution in [0, 0.1) is 0 Å². The first-order chi connectivity index (χ1) is 12.8. The molecule has 142 valence electrons. The van der Waals surface area contributed by atoms with Crippen LogP contribution in [-0.2, 0) is 0 Å². The molecule has 0 bridgehead atoms. The Morgan fingerprint density at radius 2 is 1.59 bits per heavy atom. The molecule has 0 spiro atoms. The van der Waals surface area contributed by atoms with E-state index in [1.165, 1.54) is 0 Å². The minimum atomic E-state index is -0.447. The lowest BCUT2D eigenvalue weighted by Gasteiger charge is -1.95. The summed E-state index contributed by atoms with van der Waals surface area (Å²) in [6.45, 7) is 0. The monoisotopic (exact) mass is 389 g/mol. The van der Waals surface area contributed by atoms with Crippen LogP contribution in [0.1, 0.15) is 51.4 Å². The topological polar surface area (TPSA) is 93.0 Å². The summed E-state index contributed by atoms with van der Waals surface area (Å²) in [6, 6.07) is 7.05. The van der Waals surface area contributed by atoms with Gasteiger partial charge in [0.1, 0.15) is 10.1 Å². The second kappa shape index (κ2) is 8.85. The van der Waals surface area contributed by atoms with Gasteiger partial charge in [0.2, 0.25) is 0 Å². The lowest BCUT2D eigenvalue weighted by atomic mass is 10.2. The Bertz CT molecular complexity index is 923. The zero-order chi connectivity index (χ0) is 17.8. The fraction of sp³-hybridized carbons (Fsp3) is 0.444. The first kappa shape index (κ1) is 19.2. The standard InChI is InChI=1S/C18H20N5O3.ClH/c24-17-15-11-5-6-12-16(15)21-22-23(17)26-25-18(19-13-7-1-2-8-13)20-14-9-3-4-10-14;/h5-6,11-12H,1-4,7-10H2;1H/q+1;/p-1. The summed E-state index contributed by atoms with van der Waals surface area (Å²) in [5.74, 6) is 0. The number of amides is 2. The van der Waals surface area contributed by atoms with Crippen LogP contribution in [-0.4, -0.2) is 32.6 Å². The van der Waals surface area contributed by atoms with E-state index in [1.54, 1.807) is 24.3 Å². The Morgan fingerprint density at radius 1 is 1.00 bits per heavy atom. The van der Waals surface area contributed by atoms with Crippen molar-refractivity contribution in [3.05, 3.63) is 34.6 Å². The molecule has 0 atom stereocenters. The number of aliphatic imine (C=N–C) groups is 2. The van der Waals surface area contributed by atoms with Gasteiger partial charge in [0, 0.05) is 16.4 Å². The van der Waals surface area contributed by atoms with Crippen LogP contribution < -0.4 is 23.0 Å². The molecule has 2 aliphatic rings. The molecule has 0 aliphatic heterocycles. The highest BCUT2D eigenvalue weighted by atomic mass is 35.5. The van der Waals surface area contributed by atoms with Crippen molar-refractivity contribution < 1.29 is 22.0 Å². The predicted octanol–water partition coefficient (Wildman–Crippen LogP) is -0.175. The fourth-order valence-corrected chi connectivity index (χ4v) is 3.21. The number of carbonyl (C=O) groups excluding carboxylic acids is 1. The molecule has 4 rings (SSSR count). The van der Waals surface area contributed by atoms with Gasteiger partial charge in [-0.05, 0) is 68.7 Å². The van der Waals surface area contributed by atoms with Crippen molar-refractivity contribution in [3.8, 4) is 0 Å². The minimum Gasteiger partial charge on any atom is -1.00 e. The maximum Gasteiger partial charge on any atom is 0.640 e. The smallest absolute Gasteiger partial charge is 0.640 e. The Morgan fingerprint density at radius 3 is 2.22 bits per heavy atom. The van der Waals surface area contributed by atoms with Crippen molar-refractivity contribution in [2.75, 3.05) is 0 Å². The van der Waals surface area contributed by atoms with E-state index in [-0.39, 0.29) is 18.4 Å². The van der Waals surface area contributed by atoms with Crippen LogP contribution in [0.5, 0.6) is 0 Å². The fourth-order valence-electron chi connectivity index (χ4n) is 3.21. The zero-order valence-electron chi connectivity index (χ0n) is 14.8. The number of fused-ring (bicyclic) bond motifs is 1. The molecule has 2 fully saturated rings. The van der Waals surface area contributed by atoms with E-state index in [9.17, 15) is 4.79 Å². The maximum absolute atomic E-state index is 12.4. The third-order valence-corrected chi connectivity index (χ3v) is 4.59.